The average molecular weight is 236 g/mol. The number of aryl methyl sites for hydroxylation is 2. The first-order valence-corrected chi connectivity index (χ1v) is 6.54. The molecule has 3 unspecified atom stereocenters. The molecule has 1 fully saturated rings. The van der Waals surface area contributed by atoms with Gasteiger partial charge in [0.05, 0.1) is 0 Å². The molecule has 0 aliphatic carbocycles. The van der Waals surface area contributed by atoms with Gasteiger partial charge in [-0.15, -0.1) is 0 Å². The molecule has 2 N–H and O–H groups in total. The summed E-state index contributed by atoms with van der Waals surface area (Å²) >= 11 is 0. The predicted octanol–water partition coefficient (Wildman–Crippen LogP) is 2.63. The summed E-state index contributed by atoms with van der Waals surface area (Å²) < 4.78 is 5.62. The quantitative estimate of drug-likeness (QED) is 0.858. The molecule has 1 aliphatic rings. The number of nitrogens with zero attached hydrogens (tertiary/aromatic N) is 1. The van der Waals surface area contributed by atoms with Gasteiger partial charge in [0.15, 0.2) is 0 Å². The average Bonchev–Trinajstić information content (AvgIpc) is 2.55. The van der Waals surface area contributed by atoms with Crippen molar-refractivity contribution in [1.82, 2.24) is 4.90 Å². The second-order valence-corrected chi connectivity index (χ2v) is 5.60. The molecule has 0 spiro atoms. The van der Waals surface area contributed by atoms with Crippen molar-refractivity contribution in [3.05, 3.63) is 23.2 Å². The molecule has 96 valence electrons. The van der Waals surface area contributed by atoms with E-state index in [1.165, 1.54) is 5.56 Å². The maximum atomic E-state index is 6.11. The lowest BCUT2D eigenvalue weighted by Crippen LogP contribution is -2.47. The molecule has 1 aromatic heterocycles. The Kier molecular flexibility index (Phi) is 3.59. The lowest BCUT2D eigenvalue weighted by atomic mass is 9.94. The zero-order valence-electron chi connectivity index (χ0n) is 11.4. The summed E-state index contributed by atoms with van der Waals surface area (Å²) in [6.45, 7) is 10.7. The molecule has 3 nitrogen and oxygen atoms in total. The maximum absolute atomic E-state index is 6.11. The van der Waals surface area contributed by atoms with Gasteiger partial charge in [0.25, 0.3) is 0 Å². The van der Waals surface area contributed by atoms with Crippen molar-refractivity contribution in [3.8, 4) is 0 Å². The summed E-state index contributed by atoms with van der Waals surface area (Å²) in [4.78, 5) is 2.48. The van der Waals surface area contributed by atoms with Crippen molar-refractivity contribution in [2.45, 2.75) is 46.2 Å². The highest BCUT2D eigenvalue weighted by Crippen LogP contribution is 2.29. The van der Waals surface area contributed by atoms with Gasteiger partial charge < -0.3 is 10.2 Å². The summed E-state index contributed by atoms with van der Waals surface area (Å²) in [5.74, 6) is 2.73. The third-order valence-electron chi connectivity index (χ3n) is 3.80. The van der Waals surface area contributed by atoms with Crippen molar-refractivity contribution in [3.63, 3.8) is 0 Å². The Morgan fingerprint density at radius 3 is 2.65 bits per heavy atom. The topological polar surface area (TPSA) is 42.4 Å². The molecule has 2 heterocycles. The molecule has 17 heavy (non-hydrogen) atoms. The zero-order chi connectivity index (χ0) is 12.6. The summed E-state index contributed by atoms with van der Waals surface area (Å²) in [7, 11) is 0. The fourth-order valence-electron chi connectivity index (χ4n) is 3.02. The van der Waals surface area contributed by atoms with Gasteiger partial charge in [-0.3, -0.25) is 4.90 Å². The first-order valence-electron chi connectivity index (χ1n) is 6.54. The lowest BCUT2D eigenvalue weighted by Gasteiger charge is -2.38. The normalized spacial score (nSPS) is 28.3. The minimum Gasteiger partial charge on any atom is -0.466 e. The van der Waals surface area contributed by atoms with Crippen LogP contribution in [0.4, 0.5) is 0 Å². The van der Waals surface area contributed by atoms with Gasteiger partial charge in [-0.05, 0) is 39.2 Å². The van der Waals surface area contributed by atoms with Gasteiger partial charge in [-0.1, -0.05) is 6.92 Å². The van der Waals surface area contributed by atoms with Crippen LogP contribution < -0.4 is 5.73 Å². The monoisotopic (exact) mass is 236 g/mol. The summed E-state index contributed by atoms with van der Waals surface area (Å²) in [6, 6.07) is 2.88. The Hall–Kier alpha value is -0.800. The molecule has 0 bridgehead atoms. The van der Waals surface area contributed by atoms with E-state index in [4.69, 9.17) is 10.2 Å². The molecule has 2 rings (SSSR count). The molecular weight excluding hydrogens is 212 g/mol. The highest BCUT2D eigenvalue weighted by molar-refractivity contribution is 5.23. The molecule has 0 saturated carbocycles. The molecule has 1 aromatic rings. The molecule has 3 atom stereocenters. The summed E-state index contributed by atoms with van der Waals surface area (Å²) in [5.41, 5.74) is 7.42. The van der Waals surface area contributed by atoms with E-state index in [0.717, 1.165) is 31.0 Å². The van der Waals surface area contributed by atoms with E-state index in [-0.39, 0.29) is 0 Å². The smallest absolute Gasteiger partial charge is 0.105 e. The summed E-state index contributed by atoms with van der Waals surface area (Å²) in [5, 5.41) is 0. The Morgan fingerprint density at radius 1 is 1.41 bits per heavy atom. The van der Waals surface area contributed by atoms with Crippen LogP contribution in [-0.2, 0) is 0 Å². The van der Waals surface area contributed by atoms with Gasteiger partial charge in [0, 0.05) is 30.7 Å². The van der Waals surface area contributed by atoms with E-state index in [1.807, 2.05) is 13.8 Å². The molecule has 3 heteroatoms. The van der Waals surface area contributed by atoms with E-state index in [1.54, 1.807) is 0 Å². The number of nitrogens with two attached hydrogens (primary N) is 1. The molecule has 0 aromatic carbocycles. The van der Waals surface area contributed by atoms with E-state index in [0.29, 0.717) is 18.0 Å². The fourth-order valence-corrected chi connectivity index (χ4v) is 3.02. The number of piperidine rings is 1. The fraction of sp³-hybridized carbons (Fsp3) is 0.714. The number of rotatable bonds is 2. The number of hydrogen-bond donors (Lipinski definition) is 1. The Labute approximate surface area is 104 Å². The minimum atomic E-state index is 0.314. The van der Waals surface area contributed by atoms with Crippen LogP contribution >= 0.6 is 0 Å². The van der Waals surface area contributed by atoms with Gasteiger partial charge in [-0.2, -0.15) is 0 Å². The predicted molar refractivity (Wildman–Crippen MR) is 69.9 cm³/mol. The van der Waals surface area contributed by atoms with Crippen molar-refractivity contribution in [2.24, 2.45) is 11.7 Å². The summed E-state index contributed by atoms with van der Waals surface area (Å²) in [6.07, 6.45) is 1.15. The second kappa shape index (κ2) is 4.83. The number of furan rings is 1. The van der Waals surface area contributed by atoms with Crippen LogP contribution in [0.1, 0.15) is 43.4 Å². The second-order valence-electron chi connectivity index (χ2n) is 5.60. The Balaban J connectivity index is 2.14. The molecule has 0 radical (unpaired) electrons. The highest BCUT2D eigenvalue weighted by Gasteiger charge is 2.27. The number of hydrogen-bond acceptors (Lipinski definition) is 3. The zero-order valence-corrected chi connectivity index (χ0v) is 11.4. The third kappa shape index (κ3) is 2.72. The first kappa shape index (κ1) is 12.7. The standard InChI is InChI=1S/C14H24N2O/c1-9-5-13(15)8-16(7-9)11(3)14-6-10(2)17-12(14)4/h6,9,11,13H,5,7-8,15H2,1-4H3. The van der Waals surface area contributed by atoms with Crippen molar-refractivity contribution >= 4 is 0 Å². The van der Waals surface area contributed by atoms with Crippen LogP contribution in [0.5, 0.6) is 0 Å². The van der Waals surface area contributed by atoms with E-state index >= 15 is 0 Å². The van der Waals surface area contributed by atoms with Gasteiger partial charge in [-0.25, -0.2) is 0 Å². The van der Waals surface area contributed by atoms with Crippen LogP contribution in [-0.4, -0.2) is 24.0 Å². The van der Waals surface area contributed by atoms with Crippen LogP contribution in [0.25, 0.3) is 0 Å². The van der Waals surface area contributed by atoms with Gasteiger partial charge >= 0.3 is 0 Å². The SMILES string of the molecule is Cc1cc(C(C)N2CC(C)CC(N)C2)c(C)o1. The van der Waals surface area contributed by atoms with Gasteiger partial charge in [0.1, 0.15) is 11.5 Å². The van der Waals surface area contributed by atoms with E-state index in [2.05, 4.69) is 24.8 Å². The Bertz CT molecular complexity index is 376. The molecule has 1 aliphatic heterocycles. The molecule has 0 amide bonds. The highest BCUT2D eigenvalue weighted by atomic mass is 16.3. The first-order chi connectivity index (χ1) is 7.97. The molecular formula is C14H24N2O. The van der Waals surface area contributed by atoms with Crippen LogP contribution in [0.15, 0.2) is 10.5 Å². The van der Waals surface area contributed by atoms with Crippen LogP contribution in [0.3, 0.4) is 0 Å². The lowest BCUT2D eigenvalue weighted by molar-refractivity contribution is 0.123. The number of likely N-dealkylation sites (tertiary alicyclic amines) is 1. The van der Waals surface area contributed by atoms with Crippen molar-refractivity contribution in [1.29, 1.82) is 0 Å². The Morgan fingerprint density at radius 2 is 2.12 bits per heavy atom. The van der Waals surface area contributed by atoms with E-state index < -0.39 is 0 Å². The minimum absolute atomic E-state index is 0.314. The van der Waals surface area contributed by atoms with Crippen molar-refractivity contribution < 1.29 is 4.42 Å². The molecule has 1 saturated heterocycles. The van der Waals surface area contributed by atoms with E-state index in [9.17, 15) is 0 Å². The van der Waals surface area contributed by atoms with Gasteiger partial charge in [0.2, 0.25) is 0 Å². The van der Waals surface area contributed by atoms with Crippen LogP contribution in [0.2, 0.25) is 0 Å². The maximum Gasteiger partial charge on any atom is 0.105 e. The largest absolute Gasteiger partial charge is 0.466 e. The van der Waals surface area contributed by atoms with Crippen LogP contribution in [0, 0.1) is 19.8 Å². The third-order valence-corrected chi connectivity index (χ3v) is 3.80. The van der Waals surface area contributed by atoms with Crippen molar-refractivity contribution in [2.75, 3.05) is 13.1 Å².